The van der Waals surface area contributed by atoms with Crippen LogP contribution in [0.2, 0.25) is 5.02 Å². The van der Waals surface area contributed by atoms with Crippen molar-refractivity contribution >= 4 is 46.1 Å². The largest absolute Gasteiger partial charge is 0.489 e. The fourth-order valence-corrected chi connectivity index (χ4v) is 2.23. The lowest BCUT2D eigenvalue weighted by molar-refractivity contribution is 0.426. The highest BCUT2D eigenvalue weighted by Gasteiger charge is 2.20. The molecule has 1 heterocycles. The van der Waals surface area contributed by atoms with Crippen LogP contribution in [0.4, 0.5) is 0 Å². The molecule has 5 heteroatoms. The van der Waals surface area contributed by atoms with Crippen molar-refractivity contribution in [2.75, 3.05) is 0 Å². The topological polar surface area (TPSA) is 53.6 Å². The molecular weight excluding hydrogens is 238 g/mol. The molecule has 0 saturated heterocycles. The van der Waals surface area contributed by atoms with Gasteiger partial charge in [0.15, 0.2) is 5.58 Å². The molecule has 1 aromatic heterocycles. The second kappa shape index (κ2) is 3.77. The number of furan rings is 1. The van der Waals surface area contributed by atoms with Crippen LogP contribution in [0.25, 0.3) is 21.9 Å². The molecule has 17 heavy (non-hydrogen) atoms. The van der Waals surface area contributed by atoms with Crippen molar-refractivity contribution in [3.63, 3.8) is 0 Å². The molecule has 2 aromatic carbocycles. The number of para-hydroxylation sites is 1. The summed E-state index contributed by atoms with van der Waals surface area (Å²) >= 11 is 6.05. The molecule has 0 spiro atoms. The molecule has 0 fully saturated rings. The zero-order valence-corrected chi connectivity index (χ0v) is 9.48. The highest BCUT2D eigenvalue weighted by atomic mass is 35.5. The zero-order chi connectivity index (χ0) is 12.0. The van der Waals surface area contributed by atoms with Crippen LogP contribution in [-0.4, -0.2) is 17.2 Å². The maximum atomic E-state index is 9.36. The van der Waals surface area contributed by atoms with Crippen LogP contribution in [-0.2, 0) is 0 Å². The molecule has 0 amide bonds. The third-order valence-corrected chi connectivity index (χ3v) is 3.09. The fraction of sp³-hybridized carbons (Fsp3) is 0. The number of fused-ring (bicyclic) bond motifs is 3. The van der Waals surface area contributed by atoms with Crippen LogP contribution in [0.5, 0.6) is 0 Å². The smallest absolute Gasteiger partial charge is 0.455 e. The van der Waals surface area contributed by atoms with Crippen LogP contribution in [0, 0.1) is 0 Å². The molecule has 0 aliphatic carbocycles. The number of hydrogen-bond donors (Lipinski definition) is 2. The molecule has 2 N–H and O–H groups in total. The Hall–Kier alpha value is -1.49. The minimum absolute atomic E-state index is 0.398. The predicted octanol–water partition coefficient (Wildman–Crippen LogP) is 1.92. The molecule has 3 nitrogen and oxygen atoms in total. The van der Waals surface area contributed by atoms with Gasteiger partial charge in [-0.3, -0.25) is 0 Å². The van der Waals surface area contributed by atoms with Gasteiger partial charge < -0.3 is 14.5 Å². The Balaban J connectivity index is 2.56. The Morgan fingerprint density at radius 3 is 2.59 bits per heavy atom. The molecule has 3 aromatic rings. The van der Waals surface area contributed by atoms with E-state index >= 15 is 0 Å². The van der Waals surface area contributed by atoms with Gasteiger partial charge in [0, 0.05) is 10.8 Å². The van der Waals surface area contributed by atoms with Crippen molar-refractivity contribution in [2.45, 2.75) is 0 Å². The van der Waals surface area contributed by atoms with Crippen molar-refractivity contribution in [3.8, 4) is 0 Å². The van der Waals surface area contributed by atoms with E-state index in [0.717, 1.165) is 5.39 Å². The maximum Gasteiger partial charge on any atom is 0.489 e. The average molecular weight is 246 g/mol. The summed E-state index contributed by atoms with van der Waals surface area (Å²) in [4.78, 5) is 0. The Labute approximate surface area is 102 Å². The van der Waals surface area contributed by atoms with E-state index in [2.05, 4.69) is 0 Å². The maximum absolute atomic E-state index is 9.36. The zero-order valence-electron chi connectivity index (χ0n) is 8.72. The molecule has 0 aliphatic heterocycles. The highest BCUT2D eigenvalue weighted by Crippen LogP contribution is 2.31. The van der Waals surface area contributed by atoms with Gasteiger partial charge in [0.25, 0.3) is 0 Å². The van der Waals surface area contributed by atoms with Gasteiger partial charge in [0.1, 0.15) is 5.58 Å². The van der Waals surface area contributed by atoms with Crippen molar-refractivity contribution in [1.29, 1.82) is 0 Å². The third-order valence-electron chi connectivity index (χ3n) is 2.79. The average Bonchev–Trinajstić information content (AvgIpc) is 2.69. The van der Waals surface area contributed by atoms with E-state index in [1.54, 1.807) is 12.1 Å². The second-order valence-corrected chi connectivity index (χ2v) is 4.22. The van der Waals surface area contributed by atoms with Crippen LogP contribution in [0.15, 0.2) is 40.8 Å². The SMILES string of the molecule is OB(O)c1ccc(Cl)c2oc3ccccc3c12. The Morgan fingerprint density at radius 1 is 1.06 bits per heavy atom. The van der Waals surface area contributed by atoms with Gasteiger partial charge in [-0.2, -0.15) is 0 Å². The first kappa shape index (κ1) is 10.7. The molecule has 3 rings (SSSR count). The summed E-state index contributed by atoms with van der Waals surface area (Å²) in [6.45, 7) is 0. The molecule has 0 radical (unpaired) electrons. The first-order chi connectivity index (χ1) is 8.18. The normalized spacial score (nSPS) is 11.2. The van der Waals surface area contributed by atoms with E-state index in [0.29, 0.717) is 27.0 Å². The van der Waals surface area contributed by atoms with Crippen LogP contribution >= 0.6 is 11.6 Å². The van der Waals surface area contributed by atoms with Gasteiger partial charge in [0.2, 0.25) is 0 Å². The van der Waals surface area contributed by atoms with Gasteiger partial charge in [-0.15, -0.1) is 0 Å². The lowest BCUT2D eigenvalue weighted by Gasteiger charge is -2.02. The lowest BCUT2D eigenvalue weighted by atomic mass is 9.77. The summed E-state index contributed by atoms with van der Waals surface area (Å²) in [5, 5.41) is 20.7. The minimum Gasteiger partial charge on any atom is -0.455 e. The number of rotatable bonds is 1. The summed E-state index contributed by atoms with van der Waals surface area (Å²) in [6.07, 6.45) is 0. The summed E-state index contributed by atoms with van der Waals surface area (Å²) < 4.78 is 5.62. The summed E-state index contributed by atoms with van der Waals surface area (Å²) in [6, 6.07) is 10.6. The van der Waals surface area contributed by atoms with Gasteiger partial charge in [0.05, 0.1) is 5.02 Å². The van der Waals surface area contributed by atoms with Crippen molar-refractivity contribution in [2.24, 2.45) is 0 Å². The van der Waals surface area contributed by atoms with Crippen LogP contribution in [0.1, 0.15) is 0 Å². The van der Waals surface area contributed by atoms with Gasteiger partial charge >= 0.3 is 7.12 Å². The Kier molecular flexibility index (Phi) is 2.36. The standard InChI is InChI=1S/C12H8BClO3/c14-9-6-5-8(13(15)16)11-7-3-1-2-4-10(7)17-12(9)11/h1-6,15-16H. The van der Waals surface area contributed by atoms with E-state index < -0.39 is 7.12 Å². The number of halogens is 1. The molecule has 0 aliphatic rings. The molecule has 0 atom stereocenters. The third kappa shape index (κ3) is 1.53. The van der Waals surface area contributed by atoms with Crippen molar-refractivity contribution in [3.05, 3.63) is 41.4 Å². The summed E-state index contributed by atoms with van der Waals surface area (Å²) in [7, 11) is -1.55. The summed E-state index contributed by atoms with van der Waals surface area (Å²) in [5.74, 6) is 0. The Morgan fingerprint density at radius 2 is 1.82 bits per heavy atom. The number of hydrogen-bond acceptors (Lipinski definition) is 3. The first-order valence-electron chi connectivity index (χ1n) is 5.14. The van der Waals surface area contributed by atoms with Gasteiger partial charge in [-0.1, -0.05) is 35.9 Å². The van der Waals surface area contributed by atoms with Crippen LogP contribution in [0.3, 0.4) is 0 Å². The molecule has 0 bridgehead atoms. The van der Waals surface area contributed by atoms with E-state index in [-0.39, 0.29) is 0 Å². The first-order valence-corrected chi connectivity index (χ1v) is 5.52. The monoisotopic (exact) mass is 246 g/mol. The predicted molar refractivity (Wildman–Crippen MR) is 68.6 cm³/mol. The Bertz CT molecular complexity index is 705. The van der Waals surface area contributed by atoms with E-state index in [9.17, 15) is 10.0 Å². The van der Waals surface area contributed by atoms with Crippen molar-refractivity contribution < 1.29 is 14.5 Å². The number of benzene rings is 2. The molecule has 0 saturated carbocycles. The summed E-state index contributed by atoms with van der Waals surface area (Å²) in [5.41, 5.74) is 1.56. The highest BCUT2D eigenvalue weighted by molar-refractivity contribution is 6.63. The van der Waals surface area contributed by atoms with Gasteiger partial charge in [-0.25, -0.2) is 0 Å². The van der Waals surface area contributed by atoms with E-state index in [4.69, 9.17) is 16.0 Å². The fourth-order valence-electron chi connectivity index (χ4n) is 2.04. The molecule has 0 unspecified atom stereocenters. The molecule has 84 valence electrons. The van der Waals surface area contributed by atoms with Crippen molar-refractivity contribution in [1.82, 2.24) is 0 Å². The van der Waals surface area contributed by atoms with E-state index in [1.807, 2.05) is 24.3 Å². The lowest BCUT2D eigenvalue weighted by Crippen LogP contribution is -2.30. The second-order valence-electron chi connectivity index (χ2n) is 3.81. The van der Waals surface area contributed by atoms with Crippen LogP contribution < -0.4 is 5.46 Å². The quantitative estimate of drug-likeness (QED) is 0.645. The van der Waals surface area contributed by atoms with Gasteiger partial charge in [-0.05, 0) is 17.6 Å². The minimum atomic E-state index is -1.55. The van der Waals surface area contributed by atoms with E-state index in [1.165, 1.54) is 0 Å². The molecular formula is C12H8BClO3.